The number of hydrogen-bond donors (Lipinski definition) is 0. The van der Waals surface area contributed by atoms with E-state index in [1.165, 1.54) is 69.5 Å². The molecule has 3 rings (SSSR count). The molecule has 1 fully saturated rings. The largest absolute Gasteiger partial charge is 0.494 e. The fourth-order valence-electron chi connectivity index (χ4n) is 3.34. The van der Waals surface area contributed by atoms with E-state index < -0.39 is 0 Å². The van der Waals surface area contributed by atoms with Crippen LogP contribution >= 0.6 is 12.4 Å². The molecule has 4 heteroatoms. The summed E-state index contributed by atoms with van der Waals surface area (Å²) in [4.78, 5) is 4.99. The summed E-state index contributed by atoms with van der Waals surface area (Å²) in [6, 6.07) is 6.65. The molecule has 124 valence electrons. The fourth-order valence-corrected chi connectivity index (χ4v) is 3.34. The normalized spacial score (nSPS) is 18.8. The molecule has 0 N–H and O–H groups in total. The molecular formula is C18H29ClN2O. The number of halogens is 1. The van der Waals surface area contributed by atoms with Gasteiger partial charge in [-0.3, -0.25) is 0 Å². The van der Waals surface area contributed by atoms with Gasteiger partial charge in [-0.25, -0.2) is 0 Å². The molecule has 3 nitrogen and oxygen atoms in total. The summed E-state index contributed by atoms with van der Waals surface area (Å²) < 4.78 is 5.91. The van der Waals surface area contributed by atoms with E-state index >= 15 is 0 Å². The molecule has 1 aliphatic carbocycles. The minimum Gasteiger partial charge on any atom is -0.494 e. The Morgan fingerprint density at radius 2 is 1.77 bits per heavy atom. The number of aryl methyl sites for hydroxylation is 2. The highest BCUT2D eigenvalue weighted by molar-refractivity contribution is 5.85. The van der Waals surface area contributed by atoms with E-state index in [4.69, 9.17) is 4.74 Å². The molecule has 0 radical (unpaired) electrons. The van der Waals surface area contributed by atoms with Gasteiger partial charge in [0.2, 0.25) is 0 Å². The van der Waals surface area contributed by atoms with E-state index in [1.54, 1.807) is 0 Å². The quantitative estimate of drug-likeness (QED) is 0.748. The highest BCUT2D eigenvalue weighted by atomic mass is 35.5. The average Bonchev–Trinajstić information content (AvgIpc) is 2.96. The molecule has 1 saturated heterocycles. The zero-order valence-electron chi connectivity index (χ0n) is 13.7. The van der Waals surface area contributed by atoms with Gasteiger partial charge in [-0.05, 0) is 69.0 Å². The van der Waals surface area contributed by atoms with Crippen molar-refractivity contribution < 1.29 is 4.74 Å². The molecule has 0 aromatic heterocycles. The molecule has 22 heavy (non-hydrogen) atoms. The third-order valence-electron chi connectivity index (χ3n) is 4.80. The van der Waals surface area contributed by atoms with Crippen LogP contribution in [-0.4, -0.2) is 56.2 Å². The van der Waals surface area contributed by atoms with Crippen LogP contribution in [0.2, 0.25) is 0 Å². The second-order valence-corrected chi connectivity index (χ2v) is 6.48. The summed E-state index contributed by atoms with van der Waals surface area (Å²) in [6.07, 6.45) is 6.19. The zero-order chi connectivity index (χ0) is 14.5. The molecule has 1 aliphatic heterocycles. The predicted octanol–water partition coefficient (Wildman–Crippen LogP) is 3.00. The van der Waals surface area contributed by atoms with Crippen molar-refractivity contribution in [3.63, 3.8) is 0 Å². The fraction of sp³-hybridized carbons (Fsp3) is 0.667. The van der Waals surface area contributed by atoms with Gasteiger partial charge >= 0.3 is 0 Å². The predicted molar refractivity (Wildman–Crippen MR) is 94.4 cm³/mol. The van der Waals surface area contributed by atoms with Gasteiger partial charge < -0.3 is 14.5 Å². The molecule has 0 amide bonds. The second-order valence-electron chi connectivity index (χ2n) is 6.48. The van der Waals surface area contributed by atoms with Crippen LogP contribution in [0.5, 0.6) is 5.75 Å². The van der Waals surface area contributed by atoms with Gasteiger partial charge in [-0.1, -0.05) is 6.07 Å². The van der Waals surface area contributed by atoms with Crippen LogP contribution in [0.4, 0.5) is 0 Å². The van der Waals surface area contributed by atoms with Crippen LogP contribution in [0.15, 0.2) is 18.2 Å². The van der Waals surface area contributed by atoms with Crippen molar-refractivity contribution in [2.75, 3.05) is 46.4 Å². The van der Waals surface area contributed by atoms with E-state index in [-0.39, 0.29) is 12.4 Å². The van der Waals surface area contributed by atoms with Gasteiger partial charge in [0.05, 0.1) is 6.61 Å². The highest BCUT2D eigenvalue weighted by Crippen LogP contribution is 2.26. The van der Waals surface area contributed by atoms with E-state index in [2.05, 4.69) is 35.0 Å². The van der Waals surface area contributed by atoms with Gasteiger partial charge in [0.25, 0.3) is 0 Å². The first-order valence-corrected chi connectivity index (χ1v) is 8.47. The summed E-state index contributed by atoms with van der Waals surface area (Å²) in [7, 11) is 2.21. The Kier molecular flexibility index (Phi) is 7.00. The van der Waals surface area contributed by atoms with Crippen molar-refractivity contribution in [1.82, 2.24) is 9.80 Å². The minimum atomic E-state index is 0. The molecule has 1 heterocycles. The maximum Gasteiger partial charge on any atom is 0.119 e. The first-order valence-electron chi connectivity index (χ1n) is 8.47. The minimum absolute atomic E-state index is 0. The lowest BCUT2D eigenvalue weighted by Gasteiger charge is -2.32. The average molecular weight is 325 g/mol. The van der Waals surface area contributed by atoms with E-state index in [0.717, 1.165) is 18.8 Å². The number of rotatable bonds is 6. The summed E-state index contributed by atoms with van der Waals surface area (Å²) in [6.45, 7) is 6.95. The number of fused-ring (bicyclic) bond motifs is 1. The maximum atomic E-state index is 5.91. The smallest absolute Gasteiger partial charge is 0.119 e. The number of unbranched alkanes of at least 4 members (excludes halogenated alkanes) is 1. The van der Waals surface area contributed by atoms with Gasteiger partial charge in [0, 0.05) is 26.2 Å². The van der Waals surface area contributed by atoms with E-state index in [0.29, 0.717) is 0 Å². The second kappa shape index (κ2) is 8.76. The third kappa shape index (κ3) is 4.87. The number of nitrogens with zero attached hydrogens (tertiary/aromatic N) is 2. The molecule has 0 unspecified atom stereocenters. The van der Waals surface area contributed by atoms with Gasteiger partial charge in [0.15, 0.2) is 0 Å². The lowest BCUT2D eigenvalue weighted by atomic mass is 10.1. The number of piperazine rings is 1. The van der Waals surface area contributed by atoms with Gasteiger partial charge in [-0.2, -0.15) is 0 Å². The topological polar surface area (TPSA) is 15.7 Å². The first kappa shape index (κ1) is 17.6. The number of ether oxygens (including phenoxy) is 1. The van der Waals surface area contributed by atoms with Crippen molar-refractivity contribution in [3.05, 3.63) is 29.3 Å². The van der Waals surface area contributed by atoms with Crippen LogP contribution in [0, 0.1) is 0 Å². The van der Waals surface area contributed by atoms with Crippen molar-refractivity contribution in [3.8, 4) is 5.75 Å². The van der Waals surface area contributed by atoms with Crippen molar-refractivity contribution in [2.24, 2.45) is 0 Å². The monoisotopic (exact) mass is 324 g/mol. The third-order valence-corrected chi connectivity index (χ3v) is 4.80. The molecule has 0 bridgehead atoms. The molecule has 2 aliphatic rings. The van der Waals surface area contributed by atoms with Crippen LogP contribution in [-0.2, 0) is 12.8 Å². The molecule has 0 spiro atoms. The van der Waals surface area contributed by atoms with E-state index in [9.17, 15) is 0 Å². The van der Waals surface area contributed by atoms with Crippen LogP contribution in [0.3, 0.4) is 0 Å². The summed E-state index contributed by atoms with van der Waals surface area (Å²) in [5.41, 5.74) is 3.03. The number of likely N-dealkylation sites (N-methyl/N-ethyl adjacent to an activating group) is 1. The Labute approximate surface area is 141 Å². The van der Waals surface area contributed by atoms with Crippen LogP contribution < -0.4 is 4.74 Å². The SMILES string of the molecule is CN1CCN(CCCCOc2ccc3c(c2)CCC3)CC1.Cl. The number of benzene rings is 1. The zero-order valence-corrected chi connectivity index (χ0v) is 14.5. The molecule has 0 atom stereocenters. The highest BCUT2D eigenvalue weighted by Gasteiger charge is 2.13. The standard InChI is InChI=1S/C18H28N2O.ClH/c1-19-10-12-20(13-11-19)9-2-3-14-21-18-8-7-16-5-4-6-17(16)15-18;/h7-8,15H,2-6,9-14H2,1H3;1H. The Morgan fingerprint density at radius 3 is 2.59 bits per heavy atom. The van der Waals surface area contributed by atoms with Gasteiger partial charge in [0.1, 0.15) is 5.75 Å². The van der Waals surface area contributed by atoms with Crippen LogP contribution in [0.1, 0.15) is 30.4 Å². The Bertz CT molecular complexity index is 458. The summed E-state index contributed by atoms with van der Waals surface area (Å²) in [5.74, 6) is 1.07. The van der Waals surface area contributed by atoms with Gasteiger partial charge in [-0.15, -0.1) is 12.4 Å². The van der Waals surface area contributed by atoms with E-state index in [1.807, 2.05) is 0 Å². The number of hydrogen-bond acceptors (Lipinski definition) is 3. The van der Waals surface area contributed by atoms with Crippen molar-refractivity contribution in [1.29, 1.82) is 0 Å². The maximum absolute atomic E-state index is 5.91. The first-order chi connectivity index (χ1) is 10.3. The lowest BCUT2D eigenvalue weighted by molar-refractivity contribution is 0.150. The lowest BCUT2D eigenvalue weighted by Crippen LogP contribution is -2.44. The molecule has 0 saturated carbocycles. The Morgan fingerprint density at radius 1 is 1.00 bits per heavy atom. The van der Waals surface area contributed by atoms with Crippen molar-refractivity contribution in [2.45, 2.75) is 32.1 Å². The van der Waals surface area contributed by atoms with Crippen molar-refractivity contribution >= 4 is 12.4 Å². The molecule has 1 aromatic carbocycles. The molecular weight excluding hydrogens is 296 g/mol. The van der Waals surface area contributed by atoms with Crippen LogP contribution in [0.25, 0.3) is 0 Å². The molecule has 1 aromatic rings. The Hall–Kier alpha value is -0.770. The summed E-state index contributed by atoms with van der Waals surface area (Å²) >= 11 is 0. The summed E-state index contributed by atoms with van der Waals surface area (Å²) in [5, 5.41) is 0. The Balaban J connectivity index is 0.00000176.